The highest BCUT2D eigenvalue weighted by Gasteiger charge is 2.42. The second-order valence-corrected chi connectivity index (χ2v) is 6.20. The summed E-state index contributed by atoms with van der Waals surface area (Å²) >= 11 is 1.52. The zero-order valence-electron chi connectivity index (χ0n) is 12.1. The van der Waals surface area contributed by atoms with Crippen LogP contribution in [-0.4, -0.2) is 29.5 Å². The lowest BCUT2D eigenvalue weighted by Gasteiger charge is -2.35. The van der Waals surface area contributed by atoms with Crippen molar-refractivity contribution in [1.29, 1.82) is 0 Å². The minimum atomic E-state index is -0.411. The van der Waals surface area contributed by atoms with Gasteiger partial charge in [0.15, 0.2) is 0 Å². The molecule has 2 amide bonds. The molecule has 21 heavy (non-hydrogen) atoms. The smallest absolute Gasteiger partial charge is 0.338 e. The number of esters is 1. The summed E-state index contributed by atoms with van der Waals surface area (Å²) in [5.41, 5.74) is 1.27. The number of ether oxygens (including phenoxy) is 1. The molecule has 0 radical (unpaired) electrons. The van der Waals surface area contributed by atoms with E-state index in [9.17, 15) is 9.59 Å². The van der Waals surface area contributed by atoms with Gasteiger partial charge >= 0.3 is 12.0 Å². The van der Waals surface area contributed by atoms with Gasteiger partial charge in [0, 0.05) is 16.6 Å². The van der Waals surface area contributed by atoms with E-state index in [-0.39, 0.29) is 18.0 Å². The van der Waals surface area contributed by atoms with Crippen molar-refractivity contribution in [2.45, 2.75) is 38.8 Å². The van der Waals surface area contributed by atoms with Crippen LogP contribution in [0.1, 0.15) is 37.6 Å². The maximum absolute atomic E-state index is 12.4. The molecule has 2 aliphatic rings. The number of thiophene rings is 1. The third-order valence-corrected chi connectivity index (χ3v) is 4.70. The molecule has 1 atom stereocenters. The predicted octanol–water partition coefficient (Wildman–Crippen LogP) is 2.81. The molecule has 1 unspecified atom stereocenters. The summed E-state index contributed by atoms with van der Waals surface area (Å²) in [5, 5.41) is 4.89. The second kappa shape index (κ2) is 5.52. The second-order valence-electron chi connectivity index (χ2n) is 5.22. The average molecular weight is 306 g/mol. The number of nitrogens with one attached hydrogen (secondary N) is 1. The molecule has 0 bridgehead atoms. The van der Waals surface area contributed by atoms with Gasteiger partial charge in [-0.3, -0.25) is 4.90 Å². The molecule has 2 heterocycles. The zero-order chi connectivity index (χ0) is 15.0. The number of urea groups is 1. The van der Waals surface area contributed by atoms with Crippen molar-refractivity contribution < 1.29 is 14.3 Å². The lowest BCUT2D eigenvalue weighted by molar-refractivity contribution is -0.139. The van der Waals surface area contributed by atoms with Crippen LogP contribution in [0.25, 0.3) is 0 Å². The van der Waals surface area contributed by atoms with Gasteiger partial charge in [-0.25, -0.2) is 9.59 Å². The molecule has 6 heteroatoms. The third kappa shape index (κ3) is 2.55. The molecule has 0 aromatic carbocycles. The molecule has 1 fully saturated rings. The summed E-state index contributed by atoms with van der Waals surface area (Å²) in [6.07, 6.45) is 1.98. The van der Waals surface area contributed by atoms with E-state index in [1.165, 1.54) is 11.3 Å². The Hall–Kier alpha value is -1.82. The first-order valence-corrected chi connectivity index (χ1v) is 8.02. The van der Waals surface area contributed by atoms with Crippen LogP contribution in [0.15, 0.2) is 28.8 Å². The molecule has 1 aromatic heterocycles. The highest BCUT2D eigenvalue weighted by Crippen LogP contribution is 2.38. The highest BCUT2D eigenvalue weighted by molar-refractivity contribution is 7.10. The Balaban J connectivity index is 2.03. The van der Waals surface area contributed by atoms with E-state index in [0.717, 1.165) is 23.4 Å². The van der Waals surface area contributed by atoms with Crippen LogP contribution in [-0.2, 0) is 9.53 Å². The fraction of sp³-hybridized carbons (Fsp3) is 0.467. The van der Waals surface area contributed by atoms with Crippen LogP contribution >= 0.6 is 11.3 Å². The Morgan fingerprint density at radius 2 is 2.29 bits per heavy atom. The van der Waals surface area contributed by atoms with Crippen LogP contribution in [0.4, 0.5) is 4.79 Å². The Morgan fingerprint density at radius 3 is 2.86 bits per heavy atom. The van der Waals surface area contributed by atoms with E-state index in [4.69, 9.17) is 4.74 Å². The van der Waals surface area contributed by atoms with Gasteiger partial charge in [-0.05, 0) is 38.1 Å². The van der Waals surface area contributed by atoms with E-state index in [1.807, 2.05) is 24.4 Å². The number of hydrogen-bond donors (Lipinski definition) is 1. The van der Waals surface area contributed by atoms with Crippen LogP contribution in [0, 0.1) is 0 Å². The molecule has 112 valence electrons. The standard InChI is InChI=1S/C15H18N2O3S/c1-3-20-14(18)12-9(2)17(10-6-7-10)15(19)16-13(12)11-5-4-8-21-11/h4-5,8,10,13H,3,6-7H2,1-2H3,(H,16,19). The van der Waals surface area contributed by atoms with Gasteiger partial charge in [0.05, 0.1) is 18.2 Å². The van der Waals surface area contributed by atoms with Crippen LogP contribution in [0.3, 0.4) is 0 Å². The zero-order valence-corrected chi connectivity index (χ0v) is 12.9. The number of carbonyl (C=O) groups is 2. The molecular formula is C15H18N2O3S. The monoisotopic (exact) mass is 306 g/mol. The molecular weight excluding hydrogens is 288 g/mol. The van der Waals surface area contributed by atoms with Gasteiger partial charge < -0.3 is 10.1 Å². The third-order valence-electron chi connectivity index (χ3n) is 3.76. The van der Waals surface area contributed by atoms with Crippen molar-refractivity contribution in [2.24, 2.45) is 0 Å². The van der Waals surface area contributed by atoms with Crippen molar-refractivity contribution in [2.75, 3.05) is 6.61 Å². The summed E-state index contributed by atoms with van der Waals surface area (Å²) in [6.45, 7) is 3.95. The van der Waals surface area contributed by atoms with Gasteiger partial charge in [0.1, 0.15) is 0 Å². The van der Waals surface area contributed by atoms with Crippen LogP contribution in [0.5, 0.6) is 0 Å². The van der Waals surface area contributed by atoms with Crippen LogP contribution in [0.2, 0.25) is 0 Å². The van der Waals surface area contributed by atoms with Crippen molar-refractivity contribution >= 4 is 23.3 Å². The molecule has 0 spiro atoms. The molecule has 1 aromatic rings. The largest absolute Gasteiger partial charge is 0.463 e. The summed E-state index contributed by atoms with van der Waals surface area (Å²) < 4.78 is 5.19. The first-order valence-electron chi connectivity index (χ1n) is 7.14. The topological polar surface area (TPSA) is 58.6 Å². The minimum Gasteiger partial charge on any atom is -0.463 e. The summed E-state index contributed by atoms with van der Waals surface area (Å²) in [4.78, 5) is 27.4. The van der Waals surface area contributed by atoms with Crippen molar-refractivity contribution in [3.8, 4) is 0 Å². The molecule has 3 rings (SSSR count). The molecule has 0 saturated heterocycles. The Morgan fingerprint density at radius 1 is 1.52 bits per heavy atom. The molecule has 5 nitrogen and oxygen atoms in total. The fourth-order valence-electron chi connectivity index (χ4n) is 2.67. The number of amides is 2. The number of rotatable bonds is 4. The molecule has 1 saturated carbocycles. The minimum absolute atomic E-state index is 0.124. The maximum atomic E-state index is 12.4. The normalized spacial score (nSPS) is 22.3. The van der Waals surface area contributed by atoms with Gasteiger partial charge in [-0.2, -0.15) is 0 Å². The predicted molar refractivity (Wildman–Crippen MR) is 79.8 cm³/mol. The lowest BCUT2D eigenvalue weighted by atomic mass is 10.0. The quantitative estimate of drug-likeness (QED) is 0.870. The number of carbonyl (C=O) groups excluding carboxylic acids is 2. The molecule has 1 N–H and O–H groups in total. The van der Waals surface area contributed by atoms with E-state index >= 15 is 0 Å². The Bertz CT molecular complexity index is 590. The summed E-state index contributed by atoms with van der Waals surface area (Å²) in [6, 6.07) is 3.53. The van der Waals surface area contributed by atoms with E-state index in [0.29, 0.717) is 12.2 Å². The van der Waals surface area contributed by atoms with Gasteiger partial charge in [0.25, 0.3) is 0 Å². The van der Waals surface area contributed by atoms with Crippen molar-refractivity contribution in [3.05, 3.63) is 33.7 Å². The summed E-state index contributed by atoms with van der Waals surface area (Å²) in [5.74, 6) is -0.348. The van der Waals surface area contributed by atoms with Crippen molar-refractivity contribution in [1.82, 2.24) is 10.2 Å². The van der Waals surface area contributed by atoms with Crippen LogP contribution < -0.4 is 5.32 Å². The first kappa shape index (κ1) is 14.1. The lowest BCUT2D eigenvalue weighted by Crippen LogP contribution is -2.48. The maximum Gasteiger partial charge on any atom is 0.338 e. The highest BCUT2D eigenvalue weighted by atomic mass is 32.1. The number of allylic oxidation sites excluding steroid dienone is 1. The van der Waals surface area contributed by atoms with Gasteiger partial charge in [0.2, 0.25) is 0 Å². The number of hydrogen-bond acceptors (Lipinski definition) is 4. The molecule has 1 aliphatic carbocycles. The first-order chi connectivity index (χ1) is 10.1. The molecule has 1 aliphatic heterocycles. The van der Waals surface area contributed by atoms with Gasteiger partial charge in [-0.15, -0.1) is 11.3 Å². The van der Waals surface area contributed by atoms with Gasteiger partial charge in [-0.1, -0.05) is 6.07 Å². The SMILES string of the molecule is CCOC(=O)C1=C(C)N(C2CC2)C(=O)NC1c1cccs1. The Kier molecular flexibility index (Phi) is 3.71. The Labute approximate surface area is 127 Å². The fourth-order valence-corrected chi connectivity index (χ4v) is 3.46. The average Bonchev–Trinajstić information content (AvgIpc) is 3.11. The van der Waals surface area contributed by atoms with E-state index in [1.54, 1.807) is 11.8 Å². The summed E-state index contributed by atoms with van der Waals surface area (Å²) in [7, 11) is 0. The van der Waals surface area contributed by atoms with E-state index in [2.05, 4.69) is 5.32 Å². The number of nitrogens with zero attached hydrogens (tertiary/aromatic N) is 1. The van der Waals surface area contributed by atoms with Crippen molar-refractivity contribution in [3.63, 3.8) is 0 Å². The van der Waals surface area contributed by atoms with E-state index < -0.39 is 6.04 Å².